The predicted molar refractivity (Wildman–Crippen MR) is 118 cm³/mol. The van der Waals surface area contributed by atoms with E-state index in [-0.39, 0.29) is 29.5 Å². The number of pyridine rings is 1. The summed E-state index contributed by atoms with van der Waals surface area (Å²) in [5.74, 6) is -1.35. The molecule has 0 radical (unpaired) electrons. The summed E-state index contributed by atoms with van der Waals surface area (Å²) in [6, 6.07) is 10.0. The monoisotopic (exact) mass is 480 g/mol. The second kappa shape index (κ2) is 8.55. The van der Waals surface area contributed by atoms with E-state index in [1.54, 1.807) is 12.1 Å². The van der Waals surface area contributed by atoms with Crippen LogP contribution in [0.1, 0.15) is 16.7 Å². The molecule has 0 saturated heterocycles. The number of nitrogens with zero attached hydrogens (tertiary/aromatic N) is 2. The first-order valence-corrected chi connectivity index (χ1v) is 11.9. The molecule has 2 aromatic carbocycles. The van der Waals surface area contributed by atoms with Crippen LogP contribution in [0.3, 0.4) is 0 Å². The van der Waals surface area contributed by atoms with E-state index in [1.807, 2.05) is 6.07 Å². The van der Waals surface area contributed by atoms with Gasteiger partial charge >= 0.3 is 0 Å². The molecule has 0 fully saturated rings. The van der Waals surface area contributed by atoms with Gasteiger partial charge in [0.25, 0.3) is 5.56 Å². The van der Waals surface area contributed by atoms with Gasteiger partial charge in [0.2, 0.25) is 10.0 Å². The first-order chi connectivity index (χ1) is 15.1. The van der Waals surface area contributed by atoms with Crippen molar-refractivity contribution in [3.63, 3.8) is 0 Å². The summed E-state index contributed by atoms with van der Waals surface area (Å²) in [7, 11) is -3.33. The third kappa shape index (κ3) is 4.49. The van der Waals surface area contributed by atoms with Crippen molar-refractivity contribution in [2.24, 2.45) is 0 Å². The van der Waals surface area contributed by atoms with E-state index in [0.717, 1.165) is 23.3 Å². The van der Waals surface area contributed by atoms with Crippen LogP contribution in [0.2, 0.25) is 5.02 Å². The lowest BCUT2D eigenvalue weighted by molar-refractivity contribution is 0.298. The molecule has 1 aromatic heterocycles. The Balaban J connectivity index is 1.51. The second-order valence-corrected chi connectivity index (χ2v) is 9.78. The Hall–Kier alpha value is -2.91. The van der Waals surface area contributed by atoms with Gasteiger partial charge in [-0.25, -0.2) is 17.2 Å². The van der Waals surface area contributed by atoms with Gasteiger partial charge in [-0.15, -0.1) is 0 Å². The number of hydrogen-bond acceptors (Lipinski definition) is 4. The number of rotatable bonds is 6. The highest BCUT2D eigenvalue weighted by Gasteiger charge is 2.26. The number of hydrogen-bond donors (Lipinski definition) is 0. The van der Waals surface area contributed by atoms with E-state index >= 15 is 0 Å². The van der Waals surface area contributed by atoms with Crippen LogP contribution in [0.15, 0.2) is 53.5 Å². The average Bonchev–Trinajstić information content (AvgIpc) is 3.16. The summed E-state index contributed by atoms with van der Waals surface area (Å²) in [6.07, 6.45) is 3.28. The summed E-state index contributed by atoms with van der Waals surface area (Å²) in [5, 5.41) is -0.153. The van der Waals surface area contributed by atoms with Gasteiger partial charge in [-0.3, -0.25) is 9.10 Å². The molecule has 0 N–H and O–H groups in total. The Labute approximate surface area is 188 Å². The van der Waals surface area contributed by atoms with Gasteiger partial charge in [-0.2, -0.15) is 0 Å². The van der Waals surface area contributed by atoms with E-state index in [1.165, 1.54) is 33.5 Å². The maximum Gasteiger partial charge on any atom is 0.273 e. The van der Waals surface area contributed by atoms with Gasteiger partial charge in [0.1, 0.15) is 29.0 Å². The molecule has 4 rings (SSSR count). The first kappa shape index (κ1) is 22.3. The van der Waals surface area contributed by atoms with Crippen LogP contribution in [0.4, 0.5) is 14.5 Å². The summed E-state index contributed by atoms with van der Waals surface area (Å²) >= 11 is 6.17. The van der Waals surface area contributed by atoms with E-state index in [0.29, 0.717) is 18.7 Å². The van der Waals surface area contributed by atoms with Gasteiger partial charge in [0.05, 0.1) is 18.5 Å². The molecule has 10 heteroatoms. The molecular weight excluding hydrogens is 462 g/mol. The lowest BCUT2D eigenvalue weighted by atomic mass is 10.1. The van der Waals surface area contributed by atoms with Gasteiger partial charge in [-0.05, 0) is 41.8 Å². The maximum absolute atomic E-state index is 13.8. The number of halogens is 3. The van der Waals surface area contributed by atoms with Crippen LogP contribution in [-0.2, 0) is 29.6 Å². The van der Waals surface area contributed by atoms with Gasteiger partial charge in [0.15, 0.2) is 0 Å². The largest absolute Gasteiger partial charge is 0.487 e. The van der Waals surface area contributed by atoms with E-state index in [4.69, 9.17) is 16.3 Å². The molecule has 0 spiro atoms. The molecule has 2 heterocycles. The van der Waals surface area contributed by atoms with Gasteiger partial charge < -0.3 is 9.30 Å². The topological polar surface area (TPSA) is 68.6 Å². The van der Waals surface area contributed by atoms with Gasteiger partial charge in [-0.1, -0.05) is 23.7 Å². The molecule has 6 nitrogen and oxygen atoms in total. The van der Waals surface area contributed by atoms with Crippen LogP contribution in [0, 0.1) is 11.6 Å². The van der Waals surface area contributed by atoms with Gasteiger partial charge in [0, 0.05) is 24.4 Å². The summed E-state index contributed by atoms with van der Waals surface area (Å²) in [4.78, 5) is 12.7. The van der Waals surface area contributed by atoms with Crippen molar-refractivity contribution < 1.29 is 21.9 Å². The summed E-state index contributed by atoms with van der Waals surface area (Å²) in [6.45, 7) is 0.415. The highest BCUT2D eigenvalue weighted by Crippen LogP contribution is 2.31. The van der Waals surface area contributed by atoms with E-state index in [9.17, 15) is 22.0 Å². The zero-order valence-electron chi connectivity index (χ0n) is 17.0. The normalized spacial score (nSPS) is 13.3. The molecule has 32 heavy (non-hydrogen) atoms. The third-order valence-corrected chi connectivity index (χ3v) is 6.75. The SMILES string of the molecule is CS(=O)(=O)N1CCc2cc(Cn3ccc(OCc4ccc(F)cc4F)c(Cl)c3=O)ccc21. The van der Waals surface area contributed by atoms with Crippen LogP contribution in [0.25, 0.3) is 0 Å². The Morgan fingerprint density at radius 3 is 2.62 bits per heavy atom. The molecule has 168 valence electrons. The number of anilines is 1. The molecule has 0 unspecified atom stereocenters. The highest BCUT2D eigenvalue weighted by molar-refractivity contribution is 7.92. The minimum absolute atomic E-state index is 0.0920. The molecule has 0 bridgehead atoms. The van der Waals surface area contributed by atoms with Crippen molar-refractivity contribution in [1.29, 1.82) is 0 Å². The number of aromatic nitrogens is 1. The van der Waals surface area contributed by atoms with Crippen molar-refractivity contribution in [2.75, 3.05) is 17.1 Å². The van der Waals surface area contributed by atoms with Crippen LogP contribution >= 0.6 is 11.6 Å². The molecular formula is C22H19ClF2N2O4S. The molecule has 0 atom stereocenters. The molecule has 0 amide bonds. The third-order valence-electron chi connectivity index (χ3n) is 5.22. The summed E-state index contributed by atoms with van der Waals surface area (Å²) in [5.41, 5.74) is 2.01. The lowest BCUT2D eigenvalue weighted by Crippen LogP contribution is -2.27. The number of fused-ring (bicyclic) bond motifs is 1. The van der Waals surface area contributed by atoms with Crippen molar-refractivity contribution in [3.05, 3.63) is 92.4 Å². The standard InChI is InChI=1S/C22H19ClF2N2O4S/c1-32(29,30)27-9-6-15-10-14(2-5-19(15)27)12-26-8-7-20(21(23)22(26)28)31-13-16-3-4-17(24)11-18(16)25/h2-5,7-8,10-11H,6,9,12-13H2,1H3. The number of benzene rings is 2. The van der Waals surface area contributed by atoms with Crippen LogP contribution < -0.4 is 14.6 Å². The molecule has 1 aliphatic rings. The molecule has 1 aliphatic heterocycles. The predicted octanol–water partition coefficient (Wildman–Crippen LogP) is 3.73. The van der Waals surface area contributed by atoms with Crippen molar-refractivity contribution in [1.82, 2.24) is 4.57 Å². The zero-order valence-corrected chi connectivity index (χ0v) is 18.6. The number of sulfonamides is 1. The van der Waals surface area contributed by atoms with Crippen molar-refractivity contribution in [3.8, 4) is 5.75 Å². The smallest absolute Gasteiger partial charge is 0.273 e. The fraction of sp³-hybridized carbons (Fsp3) is 0.227. The second-order valence-electron chi connectivity index (χ2n) is 7.50. The molecule has 0 saturated carbocycles. The Morgan fingerprint density at radius 2 is 1.91 bits per heavy atom. The van der Waals surface area contributed by atoms with Crippen LogP contribution in [-0.4, -0.2) is 25.8 Å². The maximum atomic E-state index is 13.8. The first-order valence-electron chi connectivity index (χ1n) is 9.68. The Kier molecular flexibility index (Phi) is 5.96. The minimum atomic E-state index is -3.33. The molecule has 0 aliphatic carbocycles. The Bertz CT molecular complexity index is 1360. The van der Waals surface area contributed by atoms with E-state index in [2.05, 4.69) is 0 Å². The zero-order chi connectivity index (χ0) is 23.0. The number of ether oxygens (including phenoxy) is 1. The van der Waals surface area contributed by atoms with Crippen molar-refractivity contribution >= 4 is 27.3 Å². The fourth-order valence-electron chi connectivity index (χ4n) is 3.62. The highest BCUT2D eigenvalue weighted by atomic mass is 35.5. The Morgan fingerprint density at radius 1 is 1.12 bits per heavy atom. The fourth-order valence-corrected chi connectivity index (χ4v) is 4.81. The van der Waals surface area contributed by atoms with E-state index < -0.39 is 27.2 Å². The van der Waals surface area contributed by atoms with Crippen molar-refractivity contribution in [2.45, 2.75) is 19.6 Å². The summed E-state index contributed by atoms with van der Waals surface area (Å²) < 4.78 is 58.8. The lowest BCUT2D eigenvalue weighted by Gasteiger charge is -2.16. The molecule has 3 aromatic rings. The average molecular weight is 481 g/mol. The van der Waals surface area contributed by atoms with Crippen LogP contribution in [0.5, 0.6) is 5.75 Å². The quantitative estimate of drug-likeness (QED) is 0.539. The minimum Gasteiger partial charge on any atom is -0.487 e.